The molecule has 0 fully saturated rings. The number of hydrogen-bond acceptors (Lipinski definition) is 4. The van der Waals surface area contributed by atoms with Crippen molar-refractivity contribution in [3.05, 3.63) is 35.9 Å². The fraction of sp³-hybridized carbons (Fsp3) is 0.400. The SMILES string of the molecule is NCCC(=O)NCCN(Cc1ccccc1)C(=O)O.O=C(O)C(F)(F)F. The maximum Gasteiger partial charge on any atom is 0.490 e. The molecule has 0 unspecified atom stereocenters. The second-order valence-electron chi connectivity index (χ2n) is 4.88. The Balaban J connectivity index is 0.000000758. The van der Waals surface area contributed by atoms with E-state index in [9.17, 15) is 22.8 Å². The van der Waals surface area contributed by atoms with Crippen LogP contribution in [0.1, 0.15) is 12.0 Å². The highest BCUT2D eigenvalue weighted by molar-refractivity contribution is 5.76. The summed E-state index contributed by atoms with van der Waals surface area (Å²) in [5, 5.41) is 18.9. The third kappa shape index (κ3) is 10.9. The van der Waals surface area contributed by atoms with E-state index in [2.05, 4.69) is 5.32 Å². The summed E-state index contributed by atoms with van der Waals surface area (Å²) in [5.41, 5.74) is 6.16. The molecule has 8 nitrogen and oxygen atoms in total. The van der Waals surface area contributed by atoms with E-state index in [0.29, 0.717) is 13.1 Å². The molecule has 0 radical (unpaired) electrons. The minimum absolute atomic E-state index is 0.160. The van der Waals surface area contributed by atoms with Crippen molar-refractivity contribution in [3.63, 3.8) is 0 Å². The Morgan fingerprint density at radius 1 is 1.12 bits per heavy atom. The number of alkyl halides is 3. The van der Waals surface area contributed by atoms with Crippen LogP contribution in [-0.4, -0.2) is 58.9 Å². The second-order valence-corrected chi connectivity index (χ2v) is 4.88. The molecule has 26 heavy (non-hydrogen) atoms. The monoisotopic (exact) mass is 379 g/mol. The van der Waals surface area contributed by atoms with Crippen LogP contribution in [0.4, 0.5) is 18.0 Å². The number of benzene rings is 1. The van der Waals surface area contributed by atoms with Gasteiger partial charge in [-0.05, 0) is 5.56 Å². The minimum Gasteiger partial charge on any atom is -0.475 e. The van der Waals surface area contributed by atoms with Crippen LogP contribution < -0.4 is 11.1 Å². The summed E-state index contributed by atoms with van der Waals surface area (Å²) in [6.07, 6.45) is -5.83. The molecule has 1 aromatic carbocycles. The van der Waals surface area contributed by atoms with E-state index in [1.807, 2.05) is 30.3 Å². The van der Waals surface area contributed by atoms with Crippen molar-refractivity contribution in [2.75, 3.05) is 19.6 Å². The van der Waals surface area contributed by atoms with E-state index in [0.717, 1.165) is 5.56 Å². The first-order valence-electron chi connectivity index (χ1n) is 7.36. The van der Waals surface area contributed by atoms with Crippen molar-refractivity contribution in [1.82, 2.24) is 10.2 Å². The molecule has 1 aromatic rings. The van der Waals surface area contributed by atoms with Crippen molar-refractivity contribution in [2.24, 2.45) is 5.73 Å². The number of nitrogens with one attached hydrogen (secondary N) is 1. The van der Waals surface area contributed by atoms with E-state index in [4.69, 9.17) is 20.7 Å². The number of carboxylic acids is 1. The Morgan fingerprint density at radius 2 is 1.65 bits per heavy atom. The first-order valence-corrected chi connectivity index (χ1v) is 7.36. The number of carbonyl (C=O) groups excluding carboxylic acids is 1. The normalized spacial score (nSPS) is 10.3. The van der Waals surface area contributed by atoms with Crippen LogP contribution in [-0.2, 0) is 16.1 Å². The number of nitrogens with two attached hydrogens (primary N) is 1. The number of aliphatic carboxylic acids is 1. The molecule has 1 rings (SSSR count). The van der Waals surface area contributed by atoms with Crippen LogP contribution in [0.15, 0.2) is 30.3 Å². The Labute approximate surface area is 147 Å². The van der Waals surface area contributed by atoms with Gasteiger partial charge in [-0.25, -0.2) is 9.59 Å². The van der Waals surface area contributed by atoms with Gasteiger partial charge in [-0.15, -0.1) is 0 Å². The molecule has 0 heterocycles. The molecule has 0 atom stereocenters. The van der Waals surface area contributed by atoms with Crippen LogP contribution >= 0.6 is 0 Å². The topological polar surface area (TPSA) is 133 Å². The summed E-state index contributed by atoms with van der Waals surface area (Å²) in [6, 6.07) is 9.32. The Hall–Kier alpha value is -2.82. The average Bonchev–Trinajstić information content (AvgIpc) is 2.54. The van der Waals surface area contributed by atoms with Crippen LogP contribution in [0.3, 0.4) is 0 Å². The lowest BCUT2D eigenvalue weighted by Gasteiger charge is -2.19. The highest BCUT2D eigenvalue weighted by atomic mass is 19.4. The lowest BCUT2D eigenvalue weighted by molar-refractivity contribution is -0.192. The number of halogens is 3. The summed E-state index contributed by atoms with van der Waals surface area (Å²) < 4.78 is 31.7. The summed E-state index contributed by atoms with van der Waals surface area (Å²) in [4.78, 5) is 32.5. The largest absolute Gasteiger partial charge is 0.490 e. The Morgan fingerprint density at radius 3 is 2.08 bits per heavy atom. The molecule has 0 aromatic heterocycles. The van der Waals surface area contributed by atoms with Crippen LogP contribution in [0.25, 0.3) is 0 Å². The molecule has 0 saturated carbocycles. The van der Waals surface area contributed by atoms with E-state index in [-0.39, 0.29) is 25.4 Å². The number of carboxylic acid groups (broad SMARTS) is 2. The zero-order valence-electron chi connectivity index (χ0n) is 13.7. The van der Waals surface area contributed by atoms with Crippen LogP contribution in [0, 0.1) is 0 Å². The third-order valence-corrected chi connectivity index (χ3v) is 2.80. The van der Waals surface area contributed by atoms with Gasteiger partial charge < -0.3 is 26.2 Å². The molecular weight excluding hydrogens is 359 g/mol. The summed E-state index contributed by atoms with van der Waals surface area (Å²) in [6.45, 7) is 1.14. The maximum absolute atomic E-state index is 11.2. The van der Waals surface area contributed by atoms with E-state index >= 15 is 0 Å². The molecule has 0 bridgehead atoms. The summed E-state index contributed by atoms with van der Waals surface area (Å²) in [5.74, 6) is -2.92. The van der Waals surface area contributed by atoms with Gasteiger partial charge in [0.15, 0.2) is 0 Å². The van der Waals surface area contributed by atoms with Gasteiger partial charge in [0.1, 0.15) is 0 Å². The fourth-order valence-electron chi connectivity index (χ4n) is 1.60. The van der Waals surface area contributed by atoms with Gasteiger partial charge in [0, 0.05) is 32.6 Å². The minimum atomic E-state index is -5.08. The van der Waals surface area contributed by atoms with Gasteiger partial charge in [-0.1, -0.05) is 30.3 Å². The molecule has 0 aliphatic rings. The highest BCUT2D eigenvalue weighted by Gasteiger charge is 2.38. The molecule has 0 spiro atoms. The molecular formula is C15H20F3N3O5. The van der Waals surface area contributed by atoms with Crippen molar-refractivity contribution in [3.8, 4) is 0 Å². The van der Waals surface area contributed by atoms with Crippen molar-refractivity contribution < 1.29 is 37.8 Å². The quantitative estimate of drug-likeness (QED) is 0.564. The average molecular weight is 379 g/mol. The number of nitrogens with zero attached hydrogens (tertiary/aromatic N) is 1. The second kappa shape index (κ2) is 11.7. The van der Waals surface area contributed by atoms with Gasteiger partial charge in [-0.3, -0.25) is 4.79 Å². The smallest absolute Gasteiger partial charge is 0.475 e. The Bertz CT molecular complexity index is 582. The summed E-state index contributed by atoms with van der Waals surface area (Å²) in [7, 11) is 0. The van der Waals surface area contributed by atoms with Crippen LogP contribution in [0.5, 0.6) is 0 Å². The van der Waals surface area contributed by atoms with Gasteiger partial charge in [0.05, 0.1) is 0 Å². The third-order valence-electron chi connectivity index (χ3n) is 2.80. The fourth-order valence-corrected chi connectivity index (χ4v) is 1.60. The van der Waals surface area contributed by atoms with Gasteiger partial charge in [-0.2, -0.15) is 13.2 Å². The van der Waals surface area contributed by atoms with Crippen molar-refractivity contribution in [1.29, 1.82) is 0 Å². The van der Waals surface area contributed by atoms with Crippen molar-refractivity contribution >= 4 is 18.0 Å². The Kier molecular flexibility index (Phi) is 10.4. The maximum atomic E-state index is 11.2. The van der Waals surface area contributed by atoms with Gasteiger partial charge >= 0.3 is 18.2 Å². The lowest BCUT2D eigenvalue weighted by atomic mass is 10.2. The first-order chi connectivity index (χ1) is 12.1. The standard InChI is InChI=1S/C13H19N3O3.C2HF3O2/c14-7-6-12(17)15-8-9-16(13(18)19)10-11-4-2-1-3-5-11;3-2(4,5)1(6)7/h1-5H,6-10,14H2,(H,15,17)(H,18,19);(H,6,7). The molecule has 0 aliphatic heterocycles. The molecule has 5 N–H and O–H groups in total. The number of amides is 2. The van der Waals surface area contributed by atoms with E-state index < -0.39 is 18.2 Å². The van der Waals surface area contributed by atoms with Crippen LogP contribution in [0.2, 0.25) is 0 Å². The van der Waals surface area contributed by atoms with Crippen molar-refractivity contribution in [2.45, 2.75) is 19.1 Å². The van der Waals surface area contributed by atoms with Gasteiger partial charge in [0.25, 0.3) is 0 Å². The molecule has 146 valence electrons. The predicted octanol–water partition coefficient (Wildman–Crippen LogP) is 1.26. The highest BCUT2D eigenvalue weighted by Crippen LogP contribution is 2.13. The van der Waals surface area contributed by atoms with Gasteiger partial charge in [0.2, 0.25) is 5.91 Å². The van der Waals surface area contributed by atoms with E-state index in [1.165, 1.54) is 4.90 Å². The zero-order valence-corrected chi connectivity index (χ0v) is 13.7. The first kappa shape index (κ1) is 23.2. The molecule has 0 aliphatic carbocycles. The lowest BCUT2D eigenvalue weighted by Crippen LogP contribution is -2.37. The number of hydrogen-bond donors (Lipinski definition) is 4. The molecule has 11 heteroatoms. The molecule has 0 saturated heterocycles. The molecule has 2 amide bonds. The van der Waals surface area contributed by atoms with E-state index in [1.54, 1.807) is 0 Å². The summed E-state index contributed by atoms with van der Waals surface area (Å²) >= 11 is 0. The predicted molar refractivity (Wildman–Crippen MR) is 85.2 cm³/mol. The number of rotatable bonds is 7. The zero-order chi connectivity index (χ0) is 20.2. The number of carbonyl (C=O) groups is 3.